The van der Waals surface area contributed by atoms with Gasteiger partial charge in [-0.05, 0) is 12.5 Å². The largest absolute Gasteiger partial charge is 0.390 e. The molecule has 0 aliphatic heterocycles. The van der Waals surface area contributed by atoms with E-state index in [0.717, 1.165) is 6.42 Å². The molecule has 0 spiro atoms. The Bertz CT molecular complexity index is 646. The molecular weight excluding hydrogens is 280 g/mol. The number of H-pyrrole nitrogens is 1. The van der Waals surface area contributed by atoms with Crippen LogP contribution < -0.4 is 4.72 Å². The molecule has 0 radical (unpaired) electrons. The third kappa shape index (κ3) is 3.27. The first-order valence-corrected chi connectivity index (χ1v) is 7.83. The molecule has 0 bridgehead atoms. The zero-order valence-electron chi connectivity index (χ0n) is 11.2. The summed E-state index contributed by atoms with van der Waals surface area (Å²) in [5, 5.41) is 9.25. The molecule has 0 fully saturated rings. The molecular formula is C12H18N4O3S. The average Bonchev–Trinajstić information content (AvgIpc) is 3.06. The van der Waals surface area contributed by atoms with Crippen LogP contribution in [0.3, 0.4) is 0 Å². The van der Waals surface area contributed by atoms with Crippen molar-refractivity contribution in [2.24, 2.45) is 0 Å². The van der Waals surface area contributed by atoms with Gasteiger partial charge in [-0.1, -0.05) is 6.92 Å². The van der Waals surface area contributed by atoms with Crippen LogP contribution in [0.5, 0.6) is 0 Å². The number of aromatic nitrogens is 3. The Kier molecular flexibility index (Phi) is 4.58. The summed E-state index contributed by atoms with van der Waals surface area (Å²) in [4.78, 5) is 6.93. The zero-order chi connectivity index (χ0) is 14.6. The van der Waals surface area contributed by atoms with Crippen molar-refractivity contribution in [2.75, 3.05) is 0 Å². The number of imidazole rings is 1. The highest BCUT2D eigenvalue weighted by molar-refractivity contribution is 7.89. The molecule has 0 atom stereocenters. The van der Waals surface area contributed by atoms with Crippen molar-refractivity contribution in [2.45, 2.75) is 37.9 Å². The molecule has 0 saturated carbocycles. The zero-order valence-corrected chi connectivity index (χ0v) is 12.0. The van der Waals surface area contributed by atoms with Gasteiger partial charge in [0, 0.05) is 30.8 Å². The summed E-state index contributed by atoms with van der Waals surface area (Å²) < 4.78 is 28.6. The maximum Gasteiger partial charge on any atom is 0.242 e. The average molecular weight is 298 g/mol. The highest BCUT2D eigenvalue weighted by atomic mass is 32.2. The van der Waals surface area contributed by atoms with E-state index in [9.17, 15) is 13.5 Å². The molecule has 0 unspecified atom stereocenters. The predicted molar refractivity (Wildman–Crippen MR) is 73.3 cm³/mol. The molecule has 2 aromatic rings. The second-order valence-electron chi connectivity index (χ2n) is 4.38. The van der Waals surface area contributed by atoms with Crippen molar-refractivity contribution in [3.63, 3.8) is 0 Å². The van der Waals surface area contributed by atoms with E-state index < -0.39 is 10.0 Å². The topological polar surface area (TPSA) is 100 Å². The number of nitrogens with one attached hydrogen (secondary N) is 2. The molecule has 110 valence electrons. The summed E-state index contributed by atoms with van der Waals surface area (Å²) in [6.07, 6.45) is 5.59. The SMILES string of the molecule is CCCn1cc(S(=O)(=O)NCc2ncc[nH]2)cc1CO. The molecule has 0 aliphatic rings. The van der Waals surface area contributed by atoms with Gasteiger partial charge in [-0.3, -0.25) is 0 Å². The first-order chi connectivity index (χ1) is 9.56. The van der Waals surface area contributed by atoms with E-state index in [1.807, 2.05) is 6.92 Å². The number of aliphatic hydroxyl groups is 1. The van der Waals surface area contributed by atoms with Gasteiger partial charge in [0.2, 0.25) is 10.0 Å². The van der Waals surface area contributed by atoms with Crippen LogP contribution in [0.25, 0.3) is 0 Å². The lowest BCUT2D eigenvalue weighted by Gasteiger charge is -2.04. The number of rotatable bonds is 7. The number of aliphatic hydroxyl groups excluding tert-OH is 1. The third-order valence-electron chi connectivity index (χ3n) is 2.88. The summed E-state index contributed by atoms with van der Waals surface area (Å²) in [6.45, 7) is 2.57. The summed E-state index contributed by atoms with van der Waals surface area (Å²) in [5.41, 5.74) is 0.588. The van der Waals surface area contributed by atoms with Crippen LogP contribution in [0.4, 0.5) is 0 Å². The van der Waals surface area contributed by atoms with Crippen LogP contribution in [-0.2, 0) is 29.7 Å². The van der Waals surface area contributed by atoms with E-state index in [1.54, 1.807) is 23.2 Å². The molecule has 2 rings (SSSR count). The number of hydrogen-bond acceptors (Lipinski definition) is 4. The Morgan fingerprint density at radius 1 is 1.50 bits per heavy atom. The lowest BCUT2D eigenvalue weighted by Crippen LogP contribution is -2.23. The summed E-state index contributed by atoms with van der Waals surface area (Å²) >= 11 is 0. The normalized spacial score (nSPS) is 11.9. The maximum absolute atomic E-state index is 12.2. The maximum atomic E-state index is 12.2. The molecule has 3 N–H and O–H groups in total. The standard InChI is InChI=1S/C12H18N4O3S/c1-2-5-16-8-11(6-10(16)9-17)20(18,19)15-7-12-13-3-4-14-12/h3-4,6,8,15,17H,2,5,7,9H2,1H3,(H,13,14). The van der Waals surface area contributed by atoms with E-state index >= 15 is 0 Å². The second kappa shape index (κ2) is 6.21. The van der Waals surface area contributed by atoms with E-state index in [-0.39, 0.29) is 18.0 Å². The predicted octanol–water partition coefficient (Wildman–Crippen LogP) is 0.592. The summed E-state index contributed by atoms with van der Waals surface area (Å²) in [7, 11) is -3.61. The first-order valence-electron chi connectivity index (χ1n) is 6.34. The first kappa shape index (κ1) is 14.8. The number of aromatic amines is 1. The van der Waals surface area contributed by atoms with Gasteiger partial charge in [0.15, 0.2) is 0 Å². The van der Waals surface area contributed by atoms with Gasteiger partial charge in [-0.25, -0.2) is 18.1 Å². The Morgan fingerprint density at radius 3 is 2.90 bits per heavy atom. The van der Waals surface area contributed by atoms with E-state index in [1.165, 1.54) is 6.07 Å². The van der Waals surface area contributed by atoms with Crippen LogP contribution in [0, 0.1) is 0 Å². The Hall–Kier alpha value is -1.64. The molecule has 8 heteroatoms. The lowest BCUT2D eigenvalue weighted by molar-refractivity contribution is 0.270. The van der Waals surface area contributed by atoms with Gasteiger partial charge in [0.1, 0.15) is 5.82 Å². The molecule has 20 heavy (non-hydrogen) atoms. The molecule has 0 saturated heterocycles. The molecule has 0 aromatic carbocycles. The highest BCUT2D eigenvalue weighted by Gasteiger charge is 2.18. The number of nitrogens with zero attached hydrogens (tertiary/aromatic N) is 2. The quantitative estimate of drug-likeness (QED) is 0.696. The van der Waals surface area contributed by atoms with Crippen LogP contribution in [-0.4, -0.2) is 28.1 Å². The summed E-state index contributed by atoms with van der Waals surface area (Å²) in [6, 6.07) is 1.49. The molecule has 2 aromatic heterocycles. The third-order valence-corrected chi connectivity index (χ3v) is 4.25. The van der Waals surface area contributed by atoms with E-state index in [2.05, 4.69) is 14.7 Å². The molecule has 0 aliphatic carbocycles. The van der Waals surface area contributed by atoms with Crippen molar-refractivity contribution in [3.05, 3.63) is 36.2 Å². The van der Waals surface area contributed by atoms with Crippen molar-refractivity contribution in [3.8, 4) is 0 Å². The van der Waals surface area contributed by atoms with Crippen molar-refractivity contribution >= 4 is 10.0 Å². The van der Waals surface area contributed by atoms with Gasteiger partial charge < -0.3 is 14.7 Å². The van der Waals surface area contributed by atoms with Crippen LogP contribution >= 0.6 is 0 Å². The van der Waals surface area contributed by atoms with Crippen molar-refractivity contribution in [1.82, 2.24) is 19.3 Å². The smallest absolute Gasteiger partial charge is 0.242 e. The van der Waals surface area contributed by atoms with Crippen LogP contribution in [0.15, 0.2) is 29.6 Å². The minimum Gasteiger partial charge on any atom is -0.390 e. The van der Waals surface area contributed by atoms with Gasteiger partial charge in [-0.15, -0.1) is 0 Å². The fourth-order valence-corrected chi connectivity index (χ4v) is 2.95. The Labute approximate surface area is 117 Å². The number of hydrogen-bond donors (Lipinski definition) is 3. The monoisotopic (exact) mass is 298 g/mol. The van der Waals surface area contributed by atoms with Gasteiger partial charge in [-0.2, -0.15) is 0 Å². The van der Waals surface area contributed by atoms with Crippen molar-refractivity contribution < 1.29 is 13.5 Å². The van der Waals surface area contributed by atoms with Crippen molar-refractivity contribution in [1.29, 1.82) is 0 Å². The number of sulfonamides is 1. The van der Waals surface area contributed by atoms with E-state index in [4.69, 9.17) is 0 Å². The lowest BCUT2D eigenvalue weighted by atomic mass is 10.4. The Morgan fingerprint density at radius 2 is 2.30 bits per heavy atom. The Balaban J connectivity index is 2.16. The second-order valence-corrected chi connectivity index (χ2v) is 6.15. The fraction of sp³-hybridized carbons (Fsp3) is 0.417. The van der Waals surface area contributed by atoms with Gasteiger partial charge in [0.25, 0.3) is 0 Å². The minimum absolute atomic E-state index is 0.0999. The molecule has 0 amide bonds. The van der Waals surface area contributed by atoms with E-state index in [0.29, 0.717) is 18.1 Å². The fourth-order valence-electron chi connectivity index (χ4n) is 1.89. The molecule has 7 nitrogen and oxygen atoms in total. The van der Waals surface area contributed by atoms with Crippen LogP contribution in [0.2, 0.25) is 0 Å². The number of aryl methyl sites for hydroxylation is 1. The van der Waals surface area contributed by atoms with Crippen LogP contribution in [0.1, 0.15) is 24.9 Å². The van der Waals surface area contributed by atoms with Gasteiger partial charge in [0.05, 0.1) is 18.0 Å². The highest BCUT2D eigenvalue weighted by Crippen LogP contribution is 2.15. The molecule has 2 heterocycles. The summed E-state index contributed by atoms with van der Waals surface area (Å²) in [5.74, 6) is 0.545. The minimum atomic E-state index is -3.61. The van der Waals surface area contributed by atoms with Gasteiger partial charge >= 0.3 is 0 Å².